The van der Waals surface area contributed by atoms with Gasteiger partial charge in [0.1, 0.15) is 5.75 Å². The van der Waals surface area contributed by atoms with Gasteiger partial charge >= 0.3 is 11.9 Å². The molecular weight excluding hydrogens is 425 g/mol. The number of rotatable bonds is 5. The van der Waals surface area contributed by atoms with Gasteiger partial charge in [-0.2, -0.15) is 13.2 Å². The van der Waals surface area contributed by atoms with Crippen LogP contribution in [0.3, 0.4) is 0 Å². The Labute approximate surface area is 173 Å². The summed E-state index contributed by atoms with van der Waals surface area (Å²) in [6, 6.07) is 14.2. The molecule has 0 bridgehead atoms. The van der Waals surface area contributed by atoms with Gasteiger partial charge < -0.3 is 10.1 Å². The predicted octanol–water partition coefficient (Wildman–Crippen LogP) is 6.31. The van der Waals surface area contributed by atoms with E-state index in [0.717, 1.165) is 6.07 Å². The SMILES string of the molecule is O=C(Nc1ccccc1Cl)c1ccccc1Oc1ccc(C(F)(F)F)cc1[N+](=O)[O-]. The van der Waals surface area contributed by atoms with Crippen LogP contribution < -0.4 is 10.1 Å². The van der Waals surface area contributed by atoms with E-state index in [9.17, 15) is 28.1 Å². The van der Waals surface area contributed by atoms with Crippen LogP contribution in [0.5, 0.6) is 11.5 Å². The third-order valence-electron chi connectivity index (χ3n) is 3.96. The minimum absolute atomic E-state index is 0.00613. The van der Waals surface area contributed by atoms with E-state index in [2.05, 4.69) is 5.32 Å². The maximum atomic E-state index is 12.9. The summed E-state index contributed by atoms with van der Waals surface area (Å²) in [5.74, 6) is -1.14. The lowest BCUT2D eigenvalue weighted by atomic mass is 10.1. The molecule has 3 rings (SSSR count). The monoisotopic (exact) mass is 436 g/mol. The van der Waals surface area contributed by atoms with E-state index < -0.39 is 34.0 Å². The number of amides is 1. The topological polar surface area (TPSA) is 81.5 Å². The summed E-state index contributed by atoms with van der Waals surface area (Å²) >= 11 is 6.02. The first kappa shape index (κ1) is 21.1. The molecule has 0 saturated heterocycles. The number of anilines is 1. The molecule has 0 aliphatic rings. The van der Waals surface area contributed by atoms with Crippen LogP contribution in [0.25, 0.3) is 0 Å². The lowest BCUT2D eigenvalue weighted by molar-refractivity contribution is -0.385. The van der Waals surface area contributed by atoms with E-state index in [-0.39, 0.29) is 11.3 Å². The van der Waals surface area contributed by atoms with Crippen molar-refractivity contribution >= 4 is 28.9 Å². The fraction of sp³-hybridized carbons (Fsp3) is 0.0500. The summed E-state index contributed by atoms with van der Waals surface area (Å²) in [4.78, 5) is 22.9. The Kier molecular flexibility index (Phi) is 5.93. The molecule has 0 heterocycles. The lowest BCUT2D eigenvalue weighted by Gasteiger charge is -2.13. The zero-order valence-corrected chi connectivity index (χ0v) is 15.7. The normalized spacial score (nSPS) is 11.1. The fourth-order valence-corrected chi connectivity index (χ4v) is 2.72. The van der Waals surface area contributed by atoms with E-state index in [4.69, 9.17) is 16.3 Å². The number of hydrogen-bond donors (Lipinski definition) is 1. The van der Waals surface area contributed by atoms with Gasteiger partial charge in [-0.25, -0.2) is 0 Å². The average Bonchev–Trinajstić information content (AvgIpc) is 2.69. The Morgan fingerprint density at radius 1 is 1.00 bits per heavy atom. The van der Waals surface area contributed by atoms with Gasteiger partial charge in [0.2, 0.25) is 5.75 Å². The summed E-state index contributed by atoms with van der Waals surface area (Å²) in [6.45, 7) is 0. The highest BCUT2D eigenvalue weighted by atomic mass is 35.5. The second-order valence-electron chi connectivity index (χ2n) is 5.97. The standard InChI is InChI=1S/C20H12ClF3N2O4/c21-14-6-2-3-7-15(14)25-19(27)13-5-1-4-8-17(13)30-18-10-9-12(20(22,23)24)11-16(18)26(28)29/h1-11H,(H,25,27). The molecule has 6 nitrogen and oxygen atoms in total. The molecule has 1 N–H and O–H groups in total. The molecule has 0 aliphatic heterocycles. The van der Waals surface area contributed by atoms with Crippen LogP contribution >= 0.6 is 11.6 Å². The summed E-state index contributed by atoms with van der Waals surface area (Å²) in [7, 11) is 0. The third-order valence-corrected chi connectivity index (χ3v) is 4.29. The third kappa shape index (κ3) is 4.69. The van der Waals surface area contributed by atoms with Crippen molar-refractivity contribution in [2.45, 2.75) is 6.18 Å². The number of halogens is 4. The molecule has 0 radical (unpaired) electrons. The van der Waals surface area contributed by atoms with Crippen LogP contribution in [0.2, 0.25) is 5.02 Å². The van der Waals surface area contributed by atoms with Gasteiger partial charge in [0.15, 0.2) is 0 Å². The Morgan fingerprint density at radius 3 is 2.33 bits per heavy atom. The van der Waals surface area contributed by atoms with Gasteiger partial charge in [0, 0.05) is 6.07 Å². The van der Waals surface area contributed by atoms with Gasteiger partial charge in [-0.1, -0.05) is 35.9 Å². The quantitative estimate of drug-likeness (QED) is 0.375. The van der Waals surface area contributed by atoms with Crippen LogP contribution in [-0.2, 0) is 6.18 Å². The lowest BCUT2D eigenvalue weighted by Crippen LogP contribution is -2.13. The van der Waals surface area contributed by atoms with E-state index in [1.54, 1.807) is 24.3 Å². The number of benzene rings is 3. The number of nitrogens with zero attached hydrogens (tertiary/aromatic N) is 1. The fourth-order valence-electron chi connectivity index (χ4n) is 2.54. The molecule has 30 heavy (non-hydrogen) atoms. The zero-order valence-electron chi connectivity index (χ0n) is 14.9. The van der Waals surface area contributed by atoms with Crippen molar-refractivity contribution in [3.8, 4) is 11.5 Å². The number of para-hydroxylation sites is 2. The Hall–Kier alpha value is -3.59. The van der Waals surface area contributed by atoms with Crippen LogP contribution in [0.4, 0.5) is 24.5 Å². The Morgan fingerprint density at radius 2 is 1.67 bits per heavy atom. The largest absolute Gasteiger partial charge is 0.449 e. The van der Waals surface area contributed by atoms with Crippen molar-refractivity contribution in [3.05, 3.63) is 93.0 Å². The average molecular weight is 437 g/mol. The summed E-state index contributed by atoms with van der Waals surface area (Å²) < 4.78 is 44.1. The van der Waals surface area contributed by atoms with Crippen molar-refractivity contribution in [2.75, 3.05) is 5.32 Å². The smallest absolute Gasteiger partial charge is 0.416 e. The maximum Gasteiger partial charge on any atom is 0.416 e. The number of hydrogen-bond acceptors (Lipinski definition) is 4. The molecular formula is C20H12ClF3N2O4. The number of nitro groups is 1. The van der Waals surface area contributed by atoms with Gasteiger partial charge in [-0.3, -0.25) is 14.9 Å². The first-order valence-electron chi connectivity index (χ1n) is 8.35. The van der Waals surface area contributed by atoms with Crippen LogP contribution in [0, 0.1) is 10.1 Å². The minimum atomic E-state index is -4.75. The molecule has 0 aliphatic carbocycles. The van der Waals surface area contributed by atoms with Gasteiger partial charge in [-0.05, 0) is 36.4 Å². The predicted molar refractivity (Wildman–Crippen MR) is 104 cm³/mol. The molecule has 3 aromatic carbocycles. The molecule has 10 heteroatoms. The second kappa shape index (κ2) is 8.42. The first-order chi connectivity index (χ1) is 14.2. The van der Waals surface area contributed by atoms with Gasteiger partial charge in [0.25, 0.3) is 5.91 Å². The minimum Gasteiger partial charge on any atom is -0.449 e. The molecule has 0 unspecified atom stereocenters. The van der Waals surface area contributed by atoms with E-state index >= 15 is 0 Å². The Bertz CT molecular complexity index is 1120. The Balaban J connectivity index is 1.94. The van der Waals surface area contributed by atoms with E-state index in [0.29, 0.717) is 22.8 Å². The second-order valence-corrected chi connectivity index (χ2v) is 6.38. The highest BCUT2D eigenvalue weighted by molar-refractivity contribution is 6.33. The number of nitro benzene ring substituents is 1. The highest BCUT2D eigenvalue weighted by Crippen LogP contribution is 2.38. The van der Waals surface area contributed by atoms with Crippen molar-refractivity contribution < 1.29 is 27.6 Å². The molecule has 0 fully saturated rings. The number of carbonyl (C=O) groups is 1. The summed E-state index contributed by atoms with van der Waals surface area (Å²) in [5, 5.41) is 14.1. The van der Waals surface area contributed by atoms with Crippen molar-refractivity contribution in [1.82, 2.24) is 0 Å². The van der Waals surface area contributed by atoms with Crippen molar-refractivity contribution in [3.63, 3.8) is 0 Å². The van der Waals surface area contributed by atoms with Crippen LogP contribution in [0.15, 0.2) is 66.7 Å². The summed E-state index contributed by atoms with van der Waals surface area (Å²) in [6.07, 6.45) is -4.75. The van der Waals surface area contributed by atoms with Crippen molar-refractivity contribution in [1.29, 1.82) is 0 Å². The van der Waals surface area contributed by atoms with E-state index in [1.807, 2.05) is 0 Å². The number of nitrogens with one attached hydrogen (secondary N) is 1. The highest BCUT2D eigenvalue weighted by Gasteiger charge is 2.33. The van der Waals surface area contributed by atoms with Gasteiger partial charge in [-0.15, -0.1) is 0 Å². The van der Waals surface area contributed by atoms with Crippen LogP contribution in [0.1, 0.15) is 15.9 Å². The molecule has 0 atom stereocenters. The molecule has 0 aromatic heterocycles. The first-order valence-corrected chi connectivity index (χ1v) is 8.73. The van der Waals surface area contributed by atoms with E-state index in [1.165, 1.54) is 24.3 Å². The van der Waals surface area contributed by atoms with Gasteiger partial charge in [0.05, 0.1) is 26.8 Å². The molecule has 0 saturated carbocycles. The molecule has 1 amide bonds. The molecule has 3 aromatic rings. The summed E-state index contributed by atoms with van der Waals surface area (Å²) in [5.41, 5.74) is -1.73. The molecule has 0 spiro atoms. The maximum absolute atomic E-state index is 12.9. The van der Waals surface area contributed by atoms with Crippen LogP contribution in [-0.4, -0.2) is 10.8 Å². The zero-order chi connectivity index (χ0) is 21.9. The molecule has 154 valence electrons. The number of alkyl halides is 3. The number of carbonyl (C=O) groups excluding carboxylic acids is 1. The number of ether oxygens (including phenoxy) is 1. The van der Waals surface area contributed by atoms with Crippen molar-refractivity contribution in [2.24, 2.45) is 0 Å².